The molecule has 0 unspecified atom stereocenters. The Balaban J connectivity index is 1.76. The van der Waals surface area contributed by atoms with Crippen molar-refractivity contribution in [1.82, 2.24) is 9.88 Å². The number of aromatic nitrogens is 1. The standard InChI is InChI=1S/C16H18ClN3/c1-18-16-7-6-14(17)15(19-16)11-20-9-8-12-4-2-3-5-13(12)10-20/h2-7H,8-11H2,1H3,(H,18,19). The minimum atomic E-state index is 0.739. The van der Waals surface area contributed by atoms with Crippen molar-refractivity contribution in [3.05, 3.63) is 58.2 Å². The van der Waals surface area contributed by atoms with Gasteiger partial charge in [-0.05, 0) is 29.7 Å². The molecule has 4 heteroatoms. The van der Waals surface area contributed by atoms with E-state index in [-0.39, 0.29) is 0 Å². The number of fused-ring (bicyclic) bond motifs is 1. The Morgan fingerprint density at radius 2 is 2.00 bits per heavy atom. The van der Waals surface area contributed by atoms with Gasteiger partial charge in [-0.2, -0.15) is 0 Å². The zero-order valence-electron chi connectivity index (χ0n) is 11.6. The van der Waals surface area contributed by atoms with Gasteiger partial charge in [0.15, 0.2) is 0 Å². The Morgan fingerprint density at radius 1 is 1.20 bits per heavy atom. The van der Waals surface area contributed by atoms with Crippen LogP contribution >= 0.6 is 11.6 Å². The second-order valence-corrected chi connectivity index (χ2v) is 5.51. The lowest BCUT2D eigenvalue weighted by Crippen LogP contribution is -2.30. The number of nitrogens with zero attached hydrogens (tertiary/aromatic N) is 2. The second-order valence-electron chi connectivity index (χ2n) is 5.10. The molecule has 0 fully saturated rings. The molecule has 0 saturated carbocycles. The van der Waals surface area contributed by atoms with Crippen molar-refractivity contribution in [2.45, 2.75) is 19.5 Å². The molecule has 1 aliphatic heterocycles. The number of nitrogens with one attached hydrogen (secondary N) is 1. The lowest BCUT2D eigenvalue weighted by atomic mass is 10.00. The van der Waals surface area contributed by atoms with Gasteiger partial charge in [0.25, 0.3) is 0 Å². The van der Waals surface area contributed by atoms with E-state index in [0.29, 0.717) is 0 Å². The number of hydrogen-bond donors (Lipinski definition) is 1. The molecule has 0 amide bonds. The fourth-order valence-electron chi connectivity index (χ4n) is 2.64. The SMILES string of the molecule is CNc1ccc(Cl)c(CN2CCc3ccccc3C2)n1. The highest BCUT2D eigenvalue weighted by Crippen LogP contribution is 2.23. The van der Waals surface area contributed by atoms with Gasteiger partial charge in [0.05, 0.1) is 10.7 Å². The van der Waals surface area contributed by atoms with Gasteiger partial charge in [0, 0.05) is 26.7 Å². The predicted molar refractivity (Wildman–Crippen MR) is 83.1 cm³/mol. The van der Waals surface area contributed by atoms with Gasteiger partial charge in [-0.15, -0.1) is 0 Å². The number of benzene rings is 1. The van der Waals surface area contributed by atoms with E-state index in [9.17, 15) is 0 Å². The lowest BCUT2D eigenvalue weighted by Gasteiger charge is -2.28. The molecule has 2 heterocycles. The summed E-state index contributed by atoms with van der Waals surface area (Å²) in [5.74, 6) is 0.863. The normalized spacial score (nSPS) is 14.9. The van der Waals surface area contributed by atoms with E-state index in [2.05, 4.69) is 39.5 Å². The van der Waals surface area contributed by atoms with Crippen LogP contribution in [0.5, 0.6) is 0 Å². The first kappa shape index (κ1) is 13.4. The van der Waals surface area contributed by atoms with Crippen LogP contribution in [0.3, 0.4) is 0 Å². The first-order valence-corrected chi connectivity index (χ1v) is 7.26. The van der Waals surface area contributed by atoms with E-state index in [0.717, 1.165) is 42.6 Å². The second kappa shape index (κ2) is 5.81. The fourth-order valence-corrected chi connectivity index (χ4v) is 2.80. The third-order valence-electron chi connectivity index (χ3n) is 3.76. The molecular formula is C16H18ClN3. The highest BCUT2D eigenvalue weighted by atomic mass is 35.5. The topological polar surface area (TPSA) is 28.2 Å². The molecule has 1 aromatic carbocycles. The van der Waals surface area contributed by atoms with Crippen LogP contribution in [0.15, 0.2) is 36.4 Å². The zero-order valence-corrected chi connectivity index (χ0v) is 12.3. The third kappa shape index (κ3) is 2.79. The Kier molecular flexibility index (Phi) is 3.90. The van der Waals surface area contributed by atoms with E-state index in [4.69, 9.17) is 11.6 Å². The van der Waals surface area contributed by atoms with Crippen molar-refractivity contribution in [1.29, 1.82) is 0 Å². The molecule has 20 heavy (non-hydrogen) atoms. The van der Waals surface area contributed by atoms with Crippen molar-refractivity contribution in [3.8, 4) is 0 Å². The van der Waals surface area contributed by atoms with E-state index in [1.54, 1.807) is 0 Å². The first-order valence-electron chi connectivity index (χ1n) is 6.88. The maximum atomic E-state index is 6.26. The van der Waals surface area contributed by atoms with Crippen LogP contribution in [0, 0.1) is 0 Å². The monoisotopic (exact) mass is 287 g/mol. The van der Waals surface area contributed by atoms with Gasteiger partial charge in [-0.25, -0.2) is 4.98 Å². The molecule has 0 spiro atoms. The van der Waals surface area contributed by atoms with Crippen LogP contribution in [0.4, 0.5) is 5.82 Å². The highest BCUT2D eigenvalue weighted by Gasteiger charge is 2.17. The molecule has 1 N–H and O–H groups in total. The summed E-state index contributed by atoms with van der Waals surface area (Å²) in [5.41, 5.74) is 3.82. The molecule has 0 aliphatic carbocycles. The predicted octanol–water partition coefficient (Wildman–Crippen LogP) is 3.34. The maximum absolute atomic E-state index is 6.26. The third-order valence-corrected chi connectivity index (χ3v) is 4.10. The summed E-state index contributed by atoms with van der Waals surface area (Å²) < 4.78 is 0. The largest absolute Gasteiger partial charge is 0.373 e. The Hall–Kier alpha value is -1.58. The molecule has 2 aromatic rings. The summed E-state index contributed by atoms with van der Waals surface area (Å²) in [5, 5.41) is 3.80. The van der Waals surface area contributed by atoms with Gasteiger partial charge in [-0.1, -0.05) is 35.9 Å². The van der Waals surface area contributed by atoms with Crippen molar-refractivity contribution < 1.29 is 0 Å². The number of hydrogen-bond acceptors (Lipinski definition) is 3. The number of pyridine rings is 1. The van der Waals surface area contributed by atoms with Crippen molar-refractivity contribution >= 4 is 17.4 Å². The molecule has 0 radical (unpaired) electrons. The van der Waals surface area contributed by atoms with Crippen LogP contribution in [0.25, 0.3) is 0 Å². The molecule has 3 rings (SSSR count). The lowest BCUT2D eigenvalue weighted by molar-refractivity contribution is 0.243. The van der Waals surface area contributed by atoms with Gasteiger partial charge in [-0.3, -0.25) is 4.90 Å². The highest BCUT2D eigenvalue weighted by molar-refractivity contribution is 6.31. The summed E-state index contributed by atoms with van der Waals surface area (Å²) >= 11 is 6.26. The zero-order chi connectivity index (χ0) is 13.9. The molecule has 1 aliphatic rings. The Labute approximate surface area is 124 Å². The fraction of sp³-hybridized carbons (Fsp3) is 0.312. The summed E-state index contributed by atoms with van der Waals surface area (Å²) in [7, 11) is 1.87. The van der Waals surface area contributed by atoms with E-state index >= 15 is 0 Å². The molecule has 1 aromatic heterocycles. The summed E-state index contributed by atoms with van der Waals surface area (Å²) in [6.45, 7) is 2.82. The average molecular weight is 288 g/mol. The van der Waals surface area contributed by atoms with E-state index in [1.165, 1.54) is 11.1 Å². The van der Waals surface area contributed by atoms with Crippen LogP contribution in [0.2, 0.25) is 5.02 Å². The molecule has 104 valence electrons. The summed E-state index contributed by atoms with van der Waals surface area (Å²) in [6, 6.07) is 12.5. The quantitative estimate of drug-likeness (QED) is 0.938. The van der Waals surface area contributed by atoms with Crippen LogP contribution in [-0.4, -0.2) is 23.5 Å². The average Bonchev–Trinajstić information content (AvgIpc) is 2.49. The molecule has 0 saturated heterocycles. The van der Waals surface area contributed by atoms with Crippen molar-refractivity contribution in [2.75, 3.05) is 18.9 Å². The van der Waals surface area contributed by atoms with Gasteiger partial charge >= 0.3 is 0 Å². The first-order chi connectivity index (χ1) is 9.76. The van der Waals surface area contributed by atoms with Gasteiger partial charge in [0.1, 0.15) is 5.82 Å². The minimum absolute atomic E-state index is 0.739. The summed E-state index contributed by atoms with van der Waals surface area (Å²) in [6.07, 6.45) is 1.10. The molecule has 3 nitrogen and oxygen atoms in total. The Bertz CT molecular complexity index is 612. The van der Waals surface area contributed by atoms with Crippen LogP contribution in [0.1, 0.15) is 16.8 Å². The molecular weight excluding hydrogens is 270 g/mol. The number of anilines is 1. The number of halogens is 1. The van der Waals surface area contributed by atoms with E-state index < -0.39 is 0 Å². The summed E-state index contributed by atoms with van der Waals surface area (Å²) in [4.78, 5) is 6.95. The number of rotatable bonds is 3. The van der Waals surface area contributed by atoms with Crippen LogP contribution < -0.4 is 5.32 Å². The molecule has 0 atom stereocenters. The van der Waals surface area contributed by atoms with Crippen molar-refractivity contribution in [2.24, 2.45) is 0 Å². The smallest absolute Gasteiger partial charge is 0.126 e. The van der Waals surface area contributed by atoms with Gasteiger partial charge < -0.3 is 5.32 Å². The van der Waals surface area contributed by atoms with Gasteiger partial charge in [0.2, 0.25) is 0 Å². The van der Waals surface area contributed by atoms with E-state index in [1.807, 2.05) is 19.2 Å². The maximum Gasteiger partial charge on any atom is 0.126 e. The van der Waals surface area contributed by atoms with Crippen LogP contribution in [-0.2, 0) is 19.5 Å². The van der Waals surface area contributed by atoms with Crippen molar-refractivity contribution in [3.63, 3.8) is 0 Å². The minimum Gasteiger partial charge on any atom is -0.373 e. The molecule has 0 bridgehead atoms. The Morgan fingerprint density at radius 3 is 2.80 bits per heavy atom.